The maximum Gasteiger partial charge on any atom is 0.372 e. The van der Waals surface area contributed by atoms with E-state index >= 15 is 0 Å². The van der Waals surface area contributed by atoms with Crippen LogP contribution in [-0.2, 0) is 0 Å². The van der Waals surface area contributed by atoms with Crippen LogP contribution in [0.15, 0.2) is 6.33 Å². The molecule has 0 saturated carbocycles. The van der Waals surface area contributed by atoms with Crippen molar-refractivity contribution in [2.45, 2.75) is 13.8 Å². The Bertz CT molecular complexity index is 423. The lowest BCUT2D eigenvalue weighted by Gasteiger charge is -2.17. The first-order valence-corrected chi connectivity index (χ1v) is 6.16. The molecule has 0 aromatic carbocycles. The van der Waals surface area contributed by atoms with Crippen molar-refractivity contribution < 1.29 is 9.66 Å². The molecule has 19 heavy (non-hydrogen) atoms. The smallest absolute Gasteiger partial charge is 0.372 e. The Morgan fingerprint density at radius 3 is 2.63 bits per heavy atom. The molecule has 1 aromatic rings. The van der Waals surface area contributed by atoms with Gasteiger partial charge in [-0.05, 0) is 13.1 Å². The first kappa shape index (κ1) is 15.1. The first-order chi connectivity index (χ1) is 9.13. The van der Waals surface area contributed by atoms with Gasteiger partial charge in [-0.1, -0.05) is 13.8 Å². The molecule has 0 saturated heterocycles. The Morgan fingerprint density at radius 2 is 2.11 bits per heavy atom. The van der Waals surface area contributed by atoms with E-state index in [1.165, 1.54) is 6.33 Å². The van der Waals surface area contributed by atoms with Crippen LogP contribution in [0.2, 0.25) is 0 Å². The predicted octanol–water partition coefficient (Wildman–Crippen LogP) is 1.15. The topological polar surface area (TPSA) is 93.4 Å². The Labute approximate surface area is 112 Å². The lowest BCUT2D eigenvalue weighted by molar-refractivity contribution is -0.385. The molecular formula is C11H19N5O3. The van der Waals surface area contributed by atoms with Gasteiger partial charge in [0, 0.05) is 13.6 Å². The molecule has 8 nitrogen and oxygen atoms in total. The molecule has 1 heterocycles. The number of aromatic nitrogens is 2. The molecule has 0 fully saturated rings. The van der Waals surface area contributed by atoms with Gasteiger partial charge in [0.15, 0.2) is 0 Å². The van der Waals surface area contributed by atoms with Crippen LogP contribution in [0, 0.1) is 10.1 Å². The fourth-order valence-corrected chi connectivity index (χ4v) is 1.63. The number of hydrogen-bond donors (Lipinski definition) is 1. The standard InChI is InChI=1S/C11H19N5O3/c1-4-15(5-2)6-7-19-11-9(16(17)18)10(12-3)13-8-14-11/h8H,4-7H2,1-3H3,(H,12,13,14). The molecule has 0 amide bonds. The minimum atomic E-state index is -0.543. The van der Waals surface area contributed by atoms with Crippen molar-refractivity contribution in [1.82, 2.24) is 14.9 Å². The highest BCUT2D eigenvalue weighted by atomic mass is 16.6. The average Bonchev–Trinajstić information content (AvgIpc) is 2.42. The Morgan fingerprint density at radius 1 is 1.42 bits per heavy atom. The van der Waals surface area contributed by atoms with Gasteiger partial charge in [-0.15, -0.1) is 0 Å². The molecular weight excluding hydrogens is 250 g/mol. The zero-order chi connectivity index (χ0) is 14.3. The number of hydrogen-bond acceptors (Lipinski definition) is 7. The summed E-state index contributed by atoms with van der Waals surface area (Å²) in [4.78, 5) is 20.2. The maximum absolute atomic E-state index is 11.0. The normalized spacial score (nSPS) is 10.5. The third kappa shape index (κ3) is 4.02. The Balaban J connectivity index is 2.75. The number of rotatable bonds is 8. The summed E-state index contributed by atoms with van der Waals surface area (Å²) < 4.78 is 5.40. The third-order valence-electron chi connectivity index (χ3n) is 2.75. The third-order valence-corrected chi connectivity index (χ3v) is 2.75. The average molecular weight is 269 g/mol. The number of nitrogens with one attached hydrogen (secondary N) is 1. The Kier molecular flexibility index (Phi) is 5.94. The molecule has 0 bridgehead atoms. The van der Waals surface area contributed by atoms with Gasteiger partial charge in [0.25, 0.3) is 5.88 Å². The van der Waals surface area contributed by atoms with Gasteiger partial charge < -0.3 is 15.0 Å². The van der Waals surface area contributed by atoms with Crippen molar-refractivity contribution >= 4 is 11.5 Å². The SMILES string of the molecule is CCN(CC)CCOc1ncnc(NC)c1[N+](=O)[O-]. The maximum atomic E-state index is 11.0. The number of ether oxygens (including phenoxy) is 1. The van der Waals surface area contributed by atoms with E-state index in [0.717, 1.165) is 13.1 Å². The molecule has 1 N–H and O–H groups in total. The number of anilines is 1. The van der Waals surface area contributed by atoms with Crippen molar-refractivity contribution in [1.29, 1.82) is 0 Å². The van der Waals surface area contributed by atoms with Crippen molar-refractivity contribution in [3.63, 3.8) is 0 Å². The van der Waals surface area contributed by atoms with Crippen LogP contribution in [0.25, 0.3) is 0 Å². The van der Waals surface area contributed by atoms with Gasteiger partial charge in [0.2, 0.25) is 5.82 Å². The van der Waals surface area contributed by atoms with Crippen molar-refractivity contribution in [3.05, 3.63) is 16.4 Å². The second-order valence-electron chi connectivity index (χ2n) is 3.76. The van der Waals surface area contributed by atoms with Gasteiger partial charge >= 0.3 is 5.69 Å². The largest absolute Gasteiger partial charge is 0.471 e. The van der Waals surface area contributed by atoms with Gasteiger partial charge in [-0.2, -0.15) is 4.98 Å². The van der Waals surface area contributed by atoms with Gasteiger partial charge in [0.05, 0.1) is 4.92 Å². The summed E-state index contributed by atoms with van der Waals surface area (Å²) in [5.41, 5.74) is -0.232. The van der Waals surface area contributed by atoms with E-state index in [4.69, 9.17) is 4.74 Å². The molecule has 0 aliphatic rings. The molecule has 0 atom stereocenters. The van der Waals surface area contributed by atoms with Crippen LogP contribution < -0.4 is 10.1 Å². The van der Waals surface area contributed by atoms with Crippen molar-refractivity contribution in [2.24, 2.45) is 0 Å². The van der Waals surface area contributed by atoms with E-state index in [-0.39, 0.29) is 17.4 Å². The van der Waals surface area contributed by atoms with E-state index in [1.807, 2.05) is 0 Å². The van der Waals surface area contributed by atoms with Crippen LogP contribution in [0.3, 0.4) is 0 Å². The summed E-state index contributed by atoms with van der Waals surface area (Å²) in [5, 5.41) is 13.7. The molecule has 106 valence electrons. The summed E-state index contributed by atoms with van der Waals surface area (Å²) in [6, 6.07) is 0. The second kappa shape index (κ2) is 7.47. The molecule has 1 aromatic heterocycles. The fraction of sp³-hybridized carbons (Fsp3) is 0.636. The van der Waals surface area contributed by atoms with Gasteiger partial charge in [-0.3, -0.25) is 10.1 Å². The lowest BCUT2D eigenvalue weighted by atomic mass is 10.4. The lowest BCUT2D eigenvalue weighted by Crippen LogP contribution is -2.28. The minimum absolute atomic E-state index is 0.00324. The van der Waals surface area contributed by atoms with Crippen molar-refractivity contribution in [3.8, 4) is 5.88 Å². The fourth-order valence-electron chi connectivity index (χ4n) is 1.63. The zero-order valence-corrected chi connectivity index (χ0v) is 11.4. The van der Waals surface area contributed by atoms with Crippen LogP contribution in [-0.4, -0.2) is 53.1 Å². The highest BCUT2D eigenvalue weighted by Crippen LogP contribution is 2.30. The second-order valence-corrected chi connectivity index (χ2v) is 3.76. The van der Waals surface area contributed by atoms with Crippen molar-refractivity contribution in [2.75, 3.05) is 38.6 Å². The Hall–Kier alpha value is -1.96. The molecule has 0 spiro atoms. The van der Waals surface area contributed by atoms with E-state index in [9.17, 15) is 10.1 Å². The number of nitrogens with zero attached hydrogens (tertiary/aromatic N) is 4. The van der Waals surface area contributed by atoms with Crippen LogP contribution >= 0.6 is 0 Å². The molecule has 8 heteroatoms. The monoisotopic (exact) mass is 269 g/mol. The van der Waals surface area contributed by atoms with E-state index < -0.39 is 4.92 Å². The highest BCUT2D eigenvalue weighted by Gasteiger charge is 2.23. The summed E-state index contributed by atoms with van der Waals surface area (Å²) >= 11 is 0. The first-order valence-electron chi connectivity index (χ1n) is 6.16. The summed E-state index contributed by atoms with van der Waals surface area (Å²) in [6.45, 7) is 6.97. The van der Waals surface area contributed by atoms with Crippen LogP contribution in [0.4, 0.5) is 11.5 Å². The predicted molar refractivity (Wildman–Crippen MR) is 71.5 cm³/mol. The van der Waals surface area contributed by atoms with E-state index in [2.05, 4.69) is 34.0 Å². The molecule has 0 aliphatic heterocycles. The molecule has 0 radical (unpaired) electrons. The van der Waals surface area contributed by atoms with Gasteiger partial charge in [-0.25, -0.2) is 4.98 Å². The summed E-state index contributed by atoms with van der Waals surface area (Å²) in [5.74, 6) is 0.148. The quantitative estimate of drug-likeness (QED) is 0.558. The van der Waals surface area contributed by atoms with E-state index in [0.29, 0.717) is 13.2 Å². The minimum Gasteiger partial charge on any atom is -0.471 e. The number of likely N-dealkylation sites (N-methyl/N-ethyl adjacent to an activating group) is 1. The van der Waals surface area contributed by atoms with Gasteiger partial charge in [0.1, 0.15) is 12.9 Å². The van der Waals surface area contributed by atoms with Crippen LogP contribution in [0.1, 0.15) is 13.8 Å². The van der Waals surface area contributed by atoms with E-state index in [1.54, 1.807) is 7.05 Å². The summed E-state index contributed by atoms with van der Waals surface area (Å²) in [6.07, 6.45) is 1.24. The summed E-state index contributed by atoms with van der Waals surface area (Å²) in [7, 11) is 1.56. The number of nitro groups is 1. The molecule has 0 unspecified atom stereocenters. The molecule has 0 aliphatic carbocycles. The zero-order valence-electron chi connectivity index (χ0n) is 11.4. The molecule has 1 rings (SSSR count). The van der Waals surface area contributed by atoms with Crippen LogP contribution in [0.5, 0.6) is 5.88 Å². The highest BCUT2D eigenvalue weighted by molar-refractivity contribution is 5.60.